The molecule has 1 fully saturated rings. The van der Waals surface area contributed by atoms with Crippen molar-refractivity contribution >= 4 is 46.5 Å². The molecule has 122 valence electrons. The number of carbonyl (C=O) groups excluding carboxylic acids is 3. The molecule has 2 rings (SSSR count). The number of imide groups is 2. The van der Waals surface area contributed by atoms with E-state index in [1.54, 1.807) is 12.1 Å². The number of halogens is 1. The van der Waals surface area contributed by atoms with E-state index in [0.29, 0.717) is 23.7 Å². The molecule has 1 aliphatic heterocycles. The van der Waals surface area contributed by atoms with Crippen LogP contribution in [0.3, 0.4) is 0 Å². The number of rotatable bonds is 5. The molecule has 0 bridgehead atoms. The van der Waals surface area contributed by atoms with E-state index >= 15 is 0 Å². The summed E-state index contributed by atoms with van der Waals surface area (Å²) in [5.74, 6) is -0.354. The minimum absolute atomic E-state index is 0.148. The van der Waals surface area contributed by atoms with Crippen LogP contribution in [0.4, 0.5) is 4.79 Å². The van der Waals surface area contributed by atoms with Gasteiger partial charge in [-0.25, -0.2) is 4.79 Å². The third-order valence-corrected chi connectivity index (χ3v) is 3.76. The first-order valence-electron chi connectivity index (χ1n) is 6.85. The summed E-state index contributed by atoms with van der Waals surface area (Å²) in [6, 6.07) is 2.60. The summed E-state index contributed by atoms with van der Waals surface area (Å²) in [4.78, 5) is 34.5. The molecule has 4 amide bonds. The van der Waals surface area contributed by atoms with Crippen molar-refractivity contribution in [1.29, 1.82) is 0 Å². The Labute approximate surface area is 146 Å². The van der Waals surface area contributed by atoms with E-state index in [0.717, 1.165) is 9.99 Å². The maximum atomic E-state index is 11.7. The van der Waals surface area contributed by atoms with Crippen molar-refractivity contribution in [2.75, 3.05) is 13.7 Å². The molecule has 1 heterocycles. The lowest BCUT2D eigenvalue weighted by molar-refractivity contribution is -0.123. The zero-order valence-electron chi connectivity index (χ0n) is 12.6. The molecule has 1 aromatic carbocycles. The van der Waals surface area contributed by atoms with E-state index in [-0.39, 0.29) is 5.57 Å². The topological polar surface area (TPSA) is 93.7 Å². The Morgan fingerprint density at radius 2 is 1.83 bits per heavy atom. The minimum Gasteiger partial charge on any atom is -0.493 e. The second-order valence-electron chi connectivity index (χ2n) is 4.68. The summed E-state index contributed by atoms with van der Waals surface area (Å²) in [7, 11) is 1.51. The van der Waals surface area contributed by atoms with Crippen LogP contribution in [0.5, 0.6) is 11.5 Å². The highest BCUT2D eigenvalue weighted by Gasteiger charge is 2.27. The maximum absolute atomic E-state index is 11.7. The third kappa shape index (κ3) is 4.01. The number of urea groups is 1. The monoisotopic (exact) mass is 430 g/mol. The zero-order valence-corrected chi connectivity index (χ0v) is 14.7. The molecule has 1 saturated heterocycles. The van der Waals surface area contributed by atoms with Crippen LogP contribution >= 0.6 is 22.6 Å². The number of carbonyl (C=O) groups is 3. The third-order valence-electron chi connectivity index (χ3n) is 2.96. The van der Waals surface area contributed by atoms with Crippen LogP contribution in [0.1, 0.15) is 18.9 Å². The Bertz CT molecular complexity index is 677. The molecular weight excluding hydrogens is 415 g/mol. The molecule has 1 aromatic rings. The quantitative estimate of drug-likeness (QED) is 0.423. The normalized spacial score (nSPS) is 14.2. The first-order chi connectivity index (χ1) is 11.0. The van der Waals surface area contributed by atoms with Crippen LogP contribution in [0.2, 0.25) is 0 Å². The van der Waals surface area contributed by atoms with Crippen LogP contribution in [-0.2, 0) is 9.59 Å². The predicted molar refractivity (Wildman–Crippen MR) is 91.2 cm³/mol. The highest BCUT2D eigenvalue weighted by Crippen LogP contribution is 2.34. The Hall–Kier alpha value is -2.10. The number of methoxy groups -OCH3 is 1. The molecule has 0 saturated carbocycles. The summed E-state index contributed by atoms with van der Waals surface area (Å²) < 4.78 is 11.7. The summed E-state index contributed by atoms with van der Waals surface area (Å²) in [5.41, 5.74) is 0.439. The average Bonchev–Trinajstić information content (AvgIpc) is 2.49. The van der Waals surface area contributed by atoms with Gasteiger partial charge >= 0.3 is 6.03 Å². The molecule has 1 aliphatic rings. The lowest BCUT2D eigenvalue weighted by Crippen LogP contribution is -2.51. The lowest BCUT2D eigenvalue weighted by Gasteiger charge is -2.15. The lowest BCUT2D eigenvalue weighted by atomic mass is 10.1. The molecule has 0 spiro atoms. The Kier molecular flexibility index (Phi) is 5.59. The van der Waals surface area contributed by atoms with Crippen LogP contribution in [0, 0.1) is 3.57 Å². The average molecular weight is 430 g/mol. The minimum atomic E-state index is -0.826. The van der Waals surface area contributed by atoms with Crippen molar-refractivity contribution < 1.29 is 23.9 Å². The first-order valence-corrected chi connectivity index (χ1v) is 7.92. The summed E-state index contributed by atoms with van der Waals surface area (Å²) in [5, 5.41) is 4.05. The fourth-order valence-electron chi connectivity index (χ4n) is 1.94. The van der Waals surface area contributed by atoms with Gasteiger partial charge in [-0.1, -0.05) is 6.92 Å². The smallest absolute Gasteiger partial charge is 0.328 e. The van der Waals surface area contributed by atoms with Gasteiger partial charge in [-0.2, -0.15) is 0 Å². The van der Waals surface area contributed by atoms with Gasteiger partial charge in [-0.05, 0) is 52.8 Å². The standard InChI is InChI=1S/C15H15IN2O5/c1-3-4-23-12-10(16)6-8(7-11(12)22-2)5-9-13(19)17-15(21)18-14(9)20/h5-7H,3-4H2,1-2H3,(H2,17,18,19,20,21). The predicted octanol–water partition coefficient (Wildman–Crippen LogP) is 1.84. The highest BCUT2D eigenvalue weighted by atomic mass is 127. The van der Waals surface area contributed by atoms with Gasteiger partial charge in [0.05, 0.1) is 17.3 Å². The van der Waals surface area contributed by atoms with E-state index in [4.69, 9.17) is 9.47 Å². The molecular formula is C15H15IN2O5. The van der Waals surface area contributed by atoms with Crippen LogP contribution in [0.15, 0.2) is 17.7 Å². The molecule has 23 heavy (non-hydrogen) atoms. The van der Waals surface area contributed by atoms with Gasteiger partial charge < -0.3 is 9.47 Å². The summed E-state index contributed by atoms with van der Waals surface area (Å²) in [6.45, 7) is 2.55. The molecule has 0 aromatic heterocycles. The zero-order chi connectivity index (χ0) is 17.0. The number of benzene rings is 1. The Morgan fingerprint density at radius 3 is 2.39 bits per heavy atom. The van der Waals surface area contributed by atoms with E-state index in [9.17, 15) is 14.4 Å². The summed E-state index contributed by atoms with van der Waals surface area (Å²) >= 11 is 2.09. The number of hydrogen-bond donors (Lipinski definition) is 2. The van der Waals surface area contributed by atoms with Crippen LogP contribution < -0.4 is 20.1 Å². The first kappa shape index (κ1) is 17.3. The van der Waals surface area contributed by atoms with Gasteiger partial charge in [-0.15, -0.1) is 0 Å². The fourth-order valence-corrected chi connectivity index (χ4v) is 2.72. The number of hydrogen-bond acceptors (Lipinski definition) is 5. The highest BCUT2D eigenvalue weighted by molar-refractivity contribution is 14.1. The van der Waals surface area contributed by atoms with Crippen molar-refractivity contribution in [3.63, 3.8) is 0 Å². The molecule has 2 N–H and O–H groups in total. The number of barbiturate groups is 1. The van der Waals surface area contributed by atoms with E-state index < -0.39 is 17.8 Å². The van der Waals surface area contributed by atoms with E-state index in [2.05, 4.69) is 22.6 Å². The molecule has 0 atom stereocenters. The molecule has 0 aliphatic carbocycles. The van der Waals surface area contributed by atoms with Gasteiger partial charge in [0.25, 0.3) is 11.8 Å². The van der Waals surface area contributed by atoms with Crippen molar-refractivity contribution in [3.8, 4) is 11.5 Å². The summed E-state index contributed by atoms with van der Waals surface area (Å²) in [6.07, 6.45) is 2.25. The van der Waals surface area contributed by atoms with E-state index in [1.165, 1.54) is 13.2 Å². The van der Waals surface area contributed by atoms with Gasteiger partial charge in [-0.3, -0.25) is 20.2 Å². The van der Waals surface area contributed by atoms with Crippen LogP contribution in [0.25, 0.3) is 6.08 Å². The van der Waals surface area contributed by atoms with Gasteiger partial charge in [0.2, 0.25) is 0 Å². The number of ether oxygens (including phenoxy) is 2. The van der Waals surface area contributed by atoms with Crippen molar-refractivity contribution in [3.05, 3.63) is 26.8 Å². The van der Waals surface area contributed by atoms with Gasteiger partial charge in [0, 0.05) is 0 Å². The molecule has 0 unspecified atom stereocenters. The molecule has 7 nitrogen and oxygen atoms in total. The maximum Gasteiger partial charge on any atom is 0.328 e. The SMILES string of the molecule is CCCOc1c(I)cc(C=C2C(=O)NC(=O)NC2=O)cc1OC. The molecule has 8 heteroatoms. The second kappa shape index (κ2) is 7.44. The Balaban J connectivity index is 2.38. The second-order valence-corrected chi connectivity index (χ2v) is 5.84. The van der Waals surface area contributed by atoms with E-state index in [1.807, 2.05) is 17.6 Å². The number of nitrogens with one attached hydrogen (secondary N) is 2. The van der Waals surface area contributed by atoms with Crippen molar-refractivity contribution in [1.82, 2.24) is 10.6 Å². The van der Waals surface area contributed by atoms with Crippen LogP contribution in [-0.4, -0.2) is 31.6 Å². The molecule has 0 radical (unpaired) electrons. The van der Waals surface area contributed by atoms with Gasteiger partial charge in [0.15, 0.2) is 11.5 Å². The largest absolute Gasteiger partial charge is 0.493 e. The van der Waals surface area contributed by atoms with Gasteiger partial charge in [0.1, 0.15) is 5.57 Å². The van der Waals surface area contributed by atoms with Crippen molar-refractivity contribution in [2.24, 2.45) is 0 Å². The Morgan fingerprint density at radius 1 is 1.17 bits per heavy atom. The van der Waals surface area contributed by atoms with Crippen molar-refractivity contribution in [2.45, 2.75) is 13.3 Å². The number of amides is 4. The fraction of sp³-hybridized carbons (Fsp3) is 0.267.